The molecule has 2 atom stereocenters. The van der Waals surface area contributed by atoms with Gasteiger partial charge in [-0.3, -0.25) is 0 Å². The van der Waals surface area contributed by atoms with Crippen molar-refractivity contribution in [1.82, 2.24) is 14.5 Å². The van der Waals surface area contributed by atoms with Crippen molar-refractivity contribution in [1.29, 1.82) is 0 Å². The maximum atomic E-state index is 14.1. The number of halogens is 2. The number of hydrogen-bond acceptors (Lipinski definition) is 3. The summed E-state index contributed by atoms with van der Waals surface area (Å²) < 4.78 is 29.1. The lowest BCUT2D eigenvalue weighted by atomic mass is 9.93. The Kier molecular flexibility index (Phi) is 23.4. The fourth-order valence-electron chi connectivity index (χ4n) is 5.19. The Morgan fingerprint density at radius 2 is 1.75 bits per heavy atom. The van der Waals surface area contributed by atoms with Crippen molar-refractivity contribution in [2.24, 2.45) is 5.92 Å². The van der Waals surface area contributed by atoms with Crippen LogP contribution in [0.2, 0.25) is 5.02 Å². The minimum atomic E-state index is -1.86. The van der Waals surface area contributed by atoms with Gasteiger partial charge in [-0.05, 0) is 83.1 Å². The van der Waals surface area contributed by atoms with Gasteiger partial charge in [-0.2, -0.15) is 0 Å². The van der Waals surface area contributed by atoms with Crippen LogP contribution < -0.4 is 5.32 Å². The first-order chi connectivity index (χ1) is 26.7. The average Bonchev–Trinajstić information content (AvgIpc) is 3.18. The minimum Gasteiger partial charge on any atom is -0.507 e. The van der Waals surface area contributed by atoms with E-state index in [2.05, 4.69) is 44.8 Å². The SMILES string of the molecule is C=C/C=C\C(=C)C1=CC=CCC1NC(=O)N(C/C(C=C)=C/C(=C)CN(CC(/C=C\C(=C)/C=C/C=C(/F)C=C)=C/C)S(=O)c1cc(Cl)ccc1O)CC(C)C.CC. The number of rotatable bonds is 21. The second-order valence-corrected chi connectivity index (χ2v) is 14.7. The van der Waals surface area contributed by atoms with Gasteiger partial charge in [0.05, 0.1) is 10.9 Å². The van der Waals surface area contributed by atoms with E-state index in [0.29, 0.717) is 29.1 Å². The number of carbonyl (C=O) groups excluding carboxylic acids is 1. The Hall–Kier alpha value is -5.02. The quantitative estimate of drug-likeness (QED) is 0.122. The molecule has 0 aliphatic heterocycles. The number of allylic oxidation sites excluding steroid dienone is 13. The number of amides is 2. The zero-order valence-electron chi connectivity index (χ0n) is 33.6. The summed E-state index contributed by atoms with van der Waals surface area (Å²) in [6.45, 7) is 34.6. The molecule has 300 valence electrons. The number of urea groups is 1. The minimum absolute atomic E-state index is 0.132. The molecule has 0 radical (unpaired) electrons. The van der Waals surface area contributed by atoms with Crippen molar-refractivity contribution in [3.05, 3.63) is 193 Å². The zero-order valence-corrected chi connectivity index (χ0v) is 35.2. The summed E-state index contributed by atoms with van der Waals surface area (Å²) in [4.78, 5) is 15.7. The monoisotopic (exact) mass is 799 g/mol. The lowest BCUT2D eigenvalue weighted by Crippen LogP contribution is -2.47. The average molecular weight is 801 g/mol. The molecule has 1 aliphatic rings. The molecule has 2 amide bonds. The van der Waals surface area contributed by atoms with Gasteiger partial charge in [0, 0.05) is 31.2 Å². The molecule has 2 unspecified atom stereocenters. The molecule has 0 aromatic heterocycles. The molecule has 1 aromatic rings. The maximum Gasteiger partial charge on any atom is 0.318 e. The summed E-state index contributed by atoms with van der Waals surface area (Å²) in [5.41, 5.74) is 4.46. The number of phenols is 1. The predicted octanol–water partition coefficient (Wildman–Crippen LogP) is 11.9. The number of hydrogen-bond donors (Lipinski definition) is 2. The van der Waals surface area contributed by atoms with Gasteiger partial charge in [0.15, 0.2) is 0 Å². The molecular formula is C47H59ClFN3O3S. The van der Waals surface area contributed by atoms with Crippen molar-refractivity contribution >= 4 is 28.6 Å². The highest BCUT2D eigenvalue weighted by atomic mass is 35.5. The van der Waals surface area contributed by atoms with Gasteiger partial charge in [-0.15, -0.1) is 0 Å². The van der Waals surface area contributed by atoms with Gasteiger partial charge in [-0.1, -0.05) is 158 Å². The van der Waals surface area contributed by atoms with Gasteiger partial charge in [0.25, 0.3) is 0 Å². The van der Waals surface area contributed by atoms with Gasteiger partial charge in [-0.25, -0.2) is 17.7 Å². The summed E-state index contributed by atoms with van der Waals surface area (Å²) in [7, 11) is -1.86. The third kappa shape index (κ3) is 17.6. The first-order valence-electron chi connectivity index (χ1n) is 18.5. The molecule has 56 heavy (non-hydrogen) atoms. The van der Waals surface area contributed by atoms with Crippen LogP contribution in [-0.4, -0.2) is 56.8 Å². The predicted molar refractivity (Wildman–Crippen MR) is 239 cm³/mol. The molecule has 1 aliphatic carbocycles. The fourth-order valence-corrected chi connectivity index (χ4v) is 6.73. The van der Waals surface area contributed by atoms with Crippen LogP contribution in [0.25, 0.3) is 0 Å². The van der Waals surface area contributed by atoms with Crippen LogP contribution in [0.5, 0.6) is 5.75 Å². The Balaban J connectivity index is 0.00000771. The molecule has 2 N–H and O–H groups in total. The van der Waals surface area contributed by atoms with Crippen molar-refractivity contribution < 1.29 is 18.5 Å². The van der Waals surface area contributed by atoms with Crippen LogP contribution in [-0.2, 0) is 11.0 Å². The second-order valence-electron chi connectivity index (χ2n) is 12.8. The van der Waals surface area contributed by atoms with Crippen LogP contribution in [0.1, 0.15) is 41.0 Å². The van der Waals surface area contributed by atoms with Gasteiger partial charge in [0.1, 0.15) is 22.6 Å². The van der Waals surface area contributed by atoms with E-state index >= 15 is 0 Å². The first kappa shape index (κ1) is 49.0. The van der Waals surface area contributed by atoms with Crippen molar-refractivity contribution in [3.8, 4) is 5.75 Å². The number of benzene rings is 1. The van der Waals surface area contributed by atoms with Crippen LogP contribution in [0.4, 0.5) is 9.18 Å². The van der Waals surface area contributed by atoms with E-state index in [1.54, 1.807) is 33.5 Å². The number of aromatic hydroxyl groups is 1. The first-order valence-corrected chi connectivity index (χ1v) is 20.0. The normalized spacial score (nSPS) is 15.4. The Labute approximate surface area is 343 Å². The molecule has 9 heteroatoms. The Morgan fingerprint density at radius 1 is 1.04 bits per heavy atom. The number of phenolic OH excluding ortho intramolecular Hbond substituents is 1. The molecule has 0 spiro atoms. The van der Waals surface area contributed by atoms with Gasteiger partial charge >= 0.3 is 6.03 Å². The van der Waals surface area contributed by atoms with E-state index in [0.717, 1.165) is 28.4 Å². The molecule has 0 bridgehead atoms. The summed E-state index contributed by atoms with van der Waals surface area (Å²) >= 11 is 6.23. The van der Waals surface area contributed by atoms with E-state index < -0.39 is 16.8 Å². The smallest absolute Gasteiger partial charge is 0.318 e. The lowest BCUT2D eigenvalue weighted by molar-refractivity contribution is 0.193. The molecule has 0 fully saturated rings. The number of carbonyl (C=O) groups is 1. The number of nitrogens with one attached hydrogen (secondary N) is 1. The lowest BCUT2D eigenvalue weighted by Gasteiger charge is -2.30. The molecule has 0 saturated carbocycles. The molecule has 1 aromatic carbocycles. The summed E-state index contributed by atoms with van der Waals surface area (Å²) in [6, 6.07) is 3.91. The molecular weight excluding hydrogens is 741 g/mol. The largest absolute Gasteiger partial charge is 0.507 e. The Morgan fingerprint density at radius 3 is 2.38 bits per heavy atom. The van der Waals surface area contributed by atoms with Gasteiger partial charge in [0.2, 0.25) is 0 Å². The topological polar surface area (TPSA) is 72.9 Å². The van der Waals surface area contributed by atoms with Gasteiger partial charge < -0.3 is 15.3 Å². The highest BCUT2D eigenvalue weighted by molar-refractivity contribution is 7.82. The van der Waals surface area contributed by atoms with Crippen molar-refractivity contribution in [3.63, 3.8) is 0 Å². The van der Waals surface area contributed by atoms with E-state index in [1.807, 2.05) is 83.2 Å². The third-order valence-corrected chi connectivity index (χ3v) is 9.55. The molecule has 6 nitrogen and oxygen atoms in total. The maximum absolute atomic E-state index is 14.1. The molecule has 2 rings (SSSR count). The van der Waals surface area contributed by atoms with E-state index in [4.69, 9.17) is 11.6 Å². The van der Waals surface area contributed by atoms with Crippen molar-refractivity contribution in [2.45, 2.75) is 52.0 Å². The third-order valence-electron chi connectivity index (χ3n) is 7.88. The van der Waals surface area contributed by atoms with Crippen molar-refractivity contribution in [2.75, 3.05) is 26.2 Å². The molecule has 0 saturated heterocycles. The van der Waals surface area contributed by atoms with E-state index in [1.165, 1.54) is 30.4 Å². The van der Waals surface area contributed by atoms with Crippen LogP contribution >= 0.6 is 11.6 Å². The fraction of sp³-hybridized carbons (Fsp3) is 0.255. The molecule has 0 heterocycles. The summed E-state index contributed by atoms with van der Waals surface area (Å²) in [5.74, 6) is -0.440. The van der Waals surface area contributed by atoms with Crippen LogP contribution in [0.3, 0.4) is 0 Å². The number of nitrogens with zero attached hydrogens (tertiary/aromatic N) is 2. The second kappa shape index (κ2) is 26.7. The van der Waals surface area contributed by atoms with E-state index in [-0.39, 0.29) is 48.3 Å². The standard InChI is InChI=1S/C45H53ClFN3O3S.C2H6/c1-10-14-19-36(9)41-21-15-16-22-42(41)48-45(52)49(29-33(5)6)31-38(12-3)27-35(8)30-50(54(53)44-28-39(46)25-26-43(44)51)32-37(11-2)24-23-34(7)18-17-20-40(47)13-4;1-2/h10-21,23-28,33,42,51H,1,3-4,7-9,22,29-32H2,2,5-6H3,(H,48,52);1-2H3/b18-17+,19-14-,24-23-,37-11+,38-27+,40-20+;. The Bertz CT molecular complexity index is 1860. The van der Waals surface area contributed by atoms with Crippen LogP contribution in [0.15, 0.2) is 193 Å². The highest BCUT2D eigenvalue weighted by Crippen LogP contribution is 2.28. The highest BCUT2D eigenvalue weighted by Gasteiger charge is 2.24. The van der Waals surface area contributed by atoms with Crippen LogP contribution in [0, 0.1) is 5.92 Å². The van der Waals surface area contributed by atoms with E-state index in [9.17, 15) is 18.5 Å². The zero-order chi connectivity index (χ0) is 42.2. The summed E-state index contributed by atoms with van der Waals surface area (Å²) in [6.07, 6.45) is 26.5. The summed E-state index contributed by atoms with van der Waals surface area (Å²) in [5, 5.41) is 14.1.